The number of rotatable bonds is 8. The molecule has 1 aliphatic carbocycles. The third-order valence-electron chi connectivity index (χ3n) is 3.44. The van der Waals surface area contributed by atoms with Crippen LogP contribution in [0.25, 0.3) is 0 Å². The molecule has 0 radical (unpaired) electrons. The molecule has 1 unspecified atom stereocenters. The van der Waals surface area contributed by atoms with Gasteiger partial charge in [-0.05, 0) is 59.3 Å². The van der Waals surface area contributed by atoms with Gasteiger partial charge in [-0.15, -0.1) is 0 Å². The highest BCUT2D eigenvalue weighted by Gasteiger charge is 2.19. The second-order valence-corrected chi connectivity index (χ2v) is 5.40. The number of hydrogen-bond donors (Lipinski definition) is 1. The van der Waals surface area contributed by atoms with Crippen LogP contribution in [0.5, 0.6) is 0 Å². The Morgan fingerprint density at radius 2 is 2.00 bits per heavy atom. The van der Waals surface area contributed by atoms with E-state index < -0.39 is 0 Å². The molecule has 1 atom stereocenters. The van der Waals surface area contributed by atoms with Gasteiger partial charge in [0.05, 0.1) is 0 Å². The summed E-state index contributed by atoms with van der Waals surface area (Å²) in [5.74, 6) is 1.04. The van der Waals surface area contributed by atoms with Gasteiger partial charge in [-0.1, -0.05) is 19.3 Å². The highest BCUT2D eigenvalue weighted by molar-refractivity contribution is 4.74. The summed E-state index contributed by atoms with van der Waals surface area (Å²) in [4.78, 5) is 2.26. The van der Waals surface area contributed by atoms with Crippen LogP contribution < -0.4 is 5.32 Å². The molecule has 0 aromatic rings. The van der Waals surface area contributed by atoms with Gasteiger partial charge in [-0.3, -0.25) is 0 Å². The number of hydrogen-bond acceptors (Lipinski definition) is 2. The Labute approximate surface area is 95.4 Å². The molecule has 90 valence electrons. The molecule has 0 saturated heterocycles. The number of nitrogens with zero attached hydrogens (tertiary/aromatic N) is 1. The highest BCUT2D eigenvalue weighted by atomic mass is 15.0. The largest absolute Gasteiger partial charge is 0.314 e. The van der Waals surface area contributed by atoms with Gasteiger partial charge in [0.15, 0.2) is 0 Å². The Hall–Kier alpha value is -0.0800. The molecular formula is C13H28N2. The molecule has 2 nitrogen and oxygen atoms in total. The van der Waals surface area contributed by atoms with Crippen LogP contribution in [-0.2, 0) is 0 Å². The molecule has 0 aromatic carbocycles. The first-order chi connectivity index (χ1) is 7.18. The first-order valence-corrected chi connectivity index (χ1v) is 6.56. The van der Waals surface area contributed by atoms with Gasteiger partial charge in [0.1, 0.15) is 0 Å². The maximum atomic E-state index is 3.64. The summed E-state index contributed by atoms with van der Waals surface area (Å²) in [6, 6.07) is 0.731. The van der Waals surface area contributed by atoms with Crippen molar-refractivity contribution in [1.82, 2.24) is 10.2 Å². The average Bonchev–Trinajstić information content (AvgIpc) is 2.10. The fraction of sp³-hybridized carbons (Fsp3) is 1.00. The lowest BCUT2D eigenvalue weighted by Crippen LogP contribution is -2.31. The van der Waals surface area contributed by atoms with E-state index in [1.807, 2.05) is 0 Å². The van der Waals surface area contributed by atoms with Crippen molar-refractivity contribution < 1.29 is 0 Å². The molecule has 15 heavy (non-hydrogen) atoms. The number of unbranched alkanes of at least 4 members (excludes halogenated alkanes) is 1. The minimum Gasteiger partial charge on any atom is -0.314 e. The summed E-state index contributed by atoms with van der Waals surface area (Å²) in [6.07, 6.45) is 8.45. The molecule has 1 saturated carbocycles. The minimum atomic E-state index is 0.731. The van der Waals surface area contributed by atoms with Crippen LogP contribution in [0, 0.1) is 5.92 Å². The van der Waals surface area contributed by atoms with E-state index in [0.29, 0.717) is 0 Å². The average molecular weight is 212 g/mol. The van der Waals surface area contributed by atoms with Crippen molar-refractivity contribution >= 4 is 0 Å². The summed E-state index contributed by atoms with van der Waals surface area (Å²) >= 11 is 0. The third kappa shape index (κ3) is 6.16. The van der Waals surface area contributed by atoms with Crippen molar-refractivity contribution in [2.24, 2.45) is 5.92 Å². The number of nitrogens with one attached hydrogen (secondary N) is 1. The Morgan fingerprint density at radius 1 is 1.27 bits per heavy atom. The normalized spacial score (nSPS) is 19.2. The van der Waals surface area contributed by atoms with Crippen molar-refractivity contribution in [3.05, 3.63) is 0 Å². The molecule has 0 bridgehead atoms. The van der Waals surface area contributed by atoms with Gasteiger partial charge in [0.25, 0.3) is 0 Å². The summed E-state index contributed by atoms with van der Waals surface area (Å²) in [5, 5.41) is 3.64. The van der Waals surface area contributed by atoms with E-state index >= 15 is 0 Å². The monoisotopic (exact) mass is 212 g/mol. The van der Waals surface area contributed by atoms with Crippen LogP contribution in [0.4, 0.5) is 0 Å². The maximum absolute atomic E-state index is 3.64. The minimum absolute atomic E-state index is 0.731. The molecule has 0 amide bonds. The lowest BCUT2D eigenvalue weighted by atomic mass is 9.81. The molecular weight excluding hydrogens is 184 g/mol. The molecule has 0 aromatic heterocycles. The van der Waals surface area contributed by atoms with Crippen molar-refractivity contribution in [1.29, 1.82) is 0 Å². The molecule has 1 aliphatic rings. The van der Waals surface area contributed by atoms with Crippen LogP contribution in [0.2, 0.25) is 0 Å². The first-order valence-electron chi connectivity index (χ1n) is 6.56. The van der Waals surface area contributed by atoms with Gasteiger partial charge in [-0.2, -0.15) is 0 Å². The van der Waals surface area contributed by atoms with Gasteiger partial charge in [0, 0.05) is 6.04 Å². The Kier molecular flexibility index (Phi) is 6.26. The molecule has 0 heterocycles. The predicted octanol–water partition coefficient (Wildman–Crippen LogP) is 2.50. The van der Waals surface area contributed by atoms with E-state index in [2.05, 4.69) is 31.2 Å². The Balaban J connectivity index is 1.85. The Bertz CT molecular complexity index is 153. The SMILES string of the molecule is CC(CC1CCC1)NCCCCN(C)C. The molecule has 2 heteroatoms. The second kappa shape index (κ2) is 7.24. The lowest BCUT2D eigenvalue weighted by Gasteiger charge is -2.28. The smallest absolute Gasteiger partial charge is 0.00413 e. The van der Waals surface area contributed by atoms with Crippen LogP contribution in [0.1, 0.15) is 45.4 Å². The van der Waals surface area contributed by atoms with E-state index in [4.69, 9.17) is 0 Å². The van der Waals surface area contributed by atoms with Crippen molar-refractivity contribution in [2.75, 3.05) is 27.2 Å². The van der Waals surface area contributed by atoms with Crippen LogP contribution in [-0.4, -0.2) is 38.1 Å². The summed E-state index contributed by atoms with van der Waals surface area (Å²) in [5.41, 5.74) is 0. The van der Waals surface area contributed by atoms with Crippen LogP contribution >= 0.6 is 0 Å². The molecule has 0 aliphatic heterocycles. The molecule has 1 rings (SSSR count). The van der Waals surface area contributed by atoms with Gasteiger partial charge < -0.3 is 10.2 Å². The summed E-state index contributed by atoms with van der Waals surface area (Å²) in [7, 11) is 4.29. The first kappa shape index (κ1) is 13.0. The fourth-order valence-electron chi connectivity index (χ4n) is 2.21. The summed E-state index contributed by atoms with van der Waals surface area (Å²) < 4.78 is 0. The highest BCUT2D eigenvalue weighted by Crippen LogP contribution is 2.30. The predicted molar refractivity (Wildman–Crippen MR) is 67.2 cm³/mol. The molecule has 1 fully saturated rings. The third-order valence-corrected chi connectivity index (χ3v) is 3.44. The van der Waals surface area contributed by atoms with Gasteiger partial charge in [-0.25, -0.2) is 0 Å². The van der Waals surface area contributed by atoms with Crippen molar-refractivity contribution in [2.45, 2.75) is 51.5 Å². The second-order valence-electron chi connectivity index (χ2n) is 5.40. The van der Waals surface area contributed by atoms with E-state index in [-0.39, 0.29) is 0 Å². The zero-order chi connectivity index (χ0) is 11.1. The van der Waals surface area contributed by atoms with Crippen LogP contribution in [0.3, 0.4) is 0 Å². The van der Waals surface area contributed by atoms with Crippen molar-refractivity contribution in [3.63, 3.8) is 0 Å². The zero-order valence-corrected chi connectivity index (χ0v) is 10.8. The van der Waals surface area contributed by atoms with Gasteiger partial charge >= 0.3 is 0 Å². The van der Waals surface area contributed by atoms with E-state index in [1.54, 1.807) is 0 Å². The molecule has 1 N–H and O–H groups in total. The summed E-state index contributed by atoms with van der Waals surface area (Å²) in [6.45, 7) is 4.75. The fourth-order valence-corrected chi connectivity index (χ4v) is 2.21. The molecule has 0 spiro atoms. The topological polar surface area (TPSA) is 15.3 Å². The quantitative estimate of drug-likeness (QED) is 0.622. The van der Waals surface area contributed by atoms with Crippen molar-refractivity contribution in [3.8, 4) is 0 Å². The van der Waals surface area contributed by atoms with Crippen LogP contribution in [0.15, 0.2) is 0 Å². The lowest BCUT2D eigenvalue weighted by molar-refractivity contribution is 0.265. The Morgan fingerprint density at radius 3 is 2.53 bits per heavy atom. The zero-order valence-electron chi connectivity index (χ0n) is 10.8. The van der Waals surface area contributed by atoms with E-state index in [0.717, 1.165) is 12.0 Å². The van der Waals surface area contributed by atoms with Gasteiger partial charge in [0.2, 0.25) is 0 Å². The standard InChI is InChI=1S/C13H28N2/c1-12(11-13-7-6-8-13)14-9-4-5-10-15(2)3/h12-14H,4-11H2,1-3H3. The van der Waals surface area contributed by atoms with E-state index in [9.17, 15) is 0 Å². The maximum Gasteiger partial charge on any atom is 0.00413 e. The van der Waals surface area contributed by atoms with E-state index in [1.165, 1.54) is 51.6 Å².